The first-order valence-corrected chi connectivity index (χ1v) is 7.75. The molecule has 3 atom stereocenters. The maximum Gasteiger partial charge on any atom is 0.0420 e. The molecule has 96 valence electrons. The minimum Gasteiger partial charge on any atom is -0.0836 e. The van der Waals surface area contributed by atoms with Crippen molar-refractivity contribution in [3.05, 3.63) is 35.4 Å². The van der Waals surface area contributed by atoms with E-state index in [1.807, 2.05) is 0 Å². The summed E-state index contributed by atoms with van der Waals surface area (Å²) >= 11 is 3.83. The van der Waals surface area contributed by atoms with Gasteiger partial charge in [-0.1, -0.05) is 74.3 Å². The Balaban J connectivity index is 2.73. The van der Waals surface area contributed by atoms with E-state index in [4.69, 9.17) is 0 Å². The second-order valence-corrected chi connectivity index (χ2v) is 6.13. The highest BCUT2D eigenvalue weighted by Gasteiger charge is 2.15. The summed E-state index contributed by atoms with van der Waals surface area (Å²) in [6.45, 7) is 9.11. The van der Waals surface area contributed by atoms with Crippen molar-refractivity contribution in [3.8, 4) is 0 Å². The highest BCUT2D eigenvalue weighted by molar-refractivity contribution is 9.09. The largest absolute Gasteiger partial charge is 0.0836 e. The Morgan fingerprint density at radius 2 is 1.53 bits per heavy atom. The molecule has 0 aliphatic rings. The third-order valence-corrected chi connectivity index (χ3v) is 5.11. The second-order valence-electron chi connectivity index (χ2n) is 5.14. The molecule has 0 bridgehead atoms. The Bertz CT molecular complexity index is 315. The summed E-state index contributed by atoms with van der Waals surface area (Å²) in [5, 5.41) is 0. The van der Waals surface area contributed by atoms with E-state index in [9.17, 15) is 0 Å². The fraction of sp³-hybridized carbons (Fsp3) is 0.625. The van der Waals surface area contributed by atoms with E-state index in [1.165, 1.54) is 30.4 Å². The molecule has 1 aromatic carbocycles. The normalized spacial score (nSPS) is 16.5. The minimum atomic E-state index is 0.494. The summed E-state index contributed by atoms with van der Waals surface area (Å²) in [4.78, 5) is 0.494. The van der Waals surface area contributed by atoms with Crippen LogP contribution in [0.5, 0.6) is 0 Å². The summed E-state index contributed by atoms with van der Waals surface area (Å²) < 4.78 is 0. The zero-order valence-corrected chi connectivity index (χ0v) is 13.1. The van der Waals surface area contributed by atoms with Gasteiger partial charge in [0.05, 0.1) is 0 Å². The van der Waals surface area contributed by atoms with Crippen LogP contribution < -0.4 is 0 Å². The fourth-order valence-corrected chi connectivity index (χ4v) is 2.74. The monoisotopic (exact) mass is 296 g/mol. The van der Waals surface area contributed by atoms with Crippen LogP contribution in [0.1, 0.15) is 68.8 Å². The lowest BCUT2D eigenvalue weighted by molar-refractivity contribution is 0.518. The van der Waals surface area contributed by atoms with Crippen LogP contribution in [0.15, 0.2) is 24.3 Å². The van der Waals surface area contributed by atoms with Gasteiger partial charge in [-0.25, -0.2) is 0 Å². The SMILES string of the molecule is CCCC(C)C(Br)c1ccc(C(C)CC)cc1. The number of rotatable bonds is 6. The van der Waals surface area contributed by atoms with Crippen LogP contribution in [0.3, 0.4) is 0 Å². The third-order valence-electron chi connectivity index (χ3n) is 3.68. The summed E-state index contributed by atoms with van der Waals surface area (Å²) in [6.07, 6.45) is 3.75. The number of benzene rings is 1. The Kier molecular flexibility index (Phi) is 6.26. The molecule has 0 spiro atoms. The molecule has 1 heteroatoms. The van der Waals surface area contributed by atoms with Crippen LogP contribution in [0.4, 0.5) is 0 Å². The quantitative estimate of drug-likeness (QED) is 0.559. The molecule has 0 saturated carbocycles. The highest BCUT2D eigenvalue weighted by Crippen LogP contribution is 2.34. The van der Waals surface area contributed by atoms with Gasteiger partial charge in [0.25, 0.3) is 0 Å². The smallest absolute Gasteiger partial charge is 0.0420 e. The fourth-order valence-electron chi connectivity index (χ4n) is 2.17. The van der Waals surface area contributed by atoms with Gasteiger partial charge in [0.1, 0.15) is 0 Å². The summed E-state index contributed by atoms with van der Waals surface area (Å²) in [7, 11) is 0. The lowest BCUT2D eigenvalue weighted by atomic mass is 9.93. The van der Waals surface area contributed by atoms with E-state index in [-0.39, 0.29) is 0 Å². The van der Waals surface area contributed by atoms with Gasteiger partial charge in [-0.2, -0.15) is 0 Å². The van der Waals surface area contributed by atoms with Crippen molar-refractivity contribution in [1.82, 2.24) is 0 Å². The van der Waals surface area contributed by atoms with Gasteiger partial charge < -0.3 is 0 Å². The number of alkyl halides is 1. The lowest BCUT2D eigenvalue weighted by Gasteiger charge is -2.19. The first-order valence-electron chi connectivity index (χ1n) is 6.84. The van der Waals surface area contributed by atoms with E-state index in [2.05, 4.69) is 67.9 Å². The summed E-state index contributed by atoms with van der Waals surface area (Å²) in [6, 6.07) is 9.15. The Hall–Kier alpha value is -0.300. The molecule has 0 saturated heterocycles. The molecule has 0 fully saturated rings. The van der Waals surface area contributed by atoms with Crippen molar-refractivity contribution in [1.29, 1.82) is 0 Å². The van der Waals surface area contributed by atoms with Crippen LogP contribution in [0.2, 0.25) is 0 Å². The molecule has 0 heterocycles. The minimum absolute atomic E-state index is 0.494. The second kappa shape index (κ2) is 7.20. The van der Waals surface area contributed by atoms with E-state index in [1.54, 1.807) is 0 Å². The maximum atomic E-state index is 3.83. The van der Waals surface area contributed by atoms with Crippen molar-refractivity contribution in [3.63, 3.8) is 0 Å². The molecule has 1 rings (SSSR count). The molecule has 0 aliphatic carbocycles. The van der Waals surface area contributed by atoms with Gasteiger partial charge in [0.2, 0.25) is 0 Å². The number of halogens is 1. The summed E-state index contributed by atoms with van der Waals surface area (Å²) in [5.74, 6) is 1.38. The van der Waals surface area contributed by atoms with Crippen LogP contribution in [-0.4, -0.2) is 0 Å². The van der Waals surface area contributed by atoms with Crippen molar-refractivity contribution >= 4 is 15.9 Å². The van der Waals surface area contributed by atoms with Gasteiger partial charge in [-0.15, -0.1) is 0 Å². The molecule has 0 N–H and O–H groups in total. The van der Waals surface area contributed by atoms with Crippen molar-refractivity contribution in [2.24, 2.45) is 5.92 Å². The topological polar surface area (TPSA) is 0 Å². The van der Waals surface area contributed by atoms with Crippen LogP contribution >= 0.6 is 15.9 Å². The van der Waals surface area contributed by atoms with Crippen molar-refractivity contribution < 1.29 is 0 Å². The highest BCUT2D eigenvalue weighted by atomic mass is 79.9. The van der Waals surface area contributed by atoms with Crippen LogP contribution in [0.25, 0.3) is 0 Å². The third kappa shape index (κ3) is 4.13. The van der Waals surface area contributed by atoms with Gasteiger partial charge in [0.15, 0.2) is 0 Å². The molecular weight excluding hydrogens is 272 g/mol. The molecular formula is C16H25Br. The van der Waals surface area contributed by atoms with Crippen LogP contribution in [-0.2, 0) is 0 Å². The van der Waals surface area contributed by atoms with E-state index < -0.39 is 0 Å². The van der Waals surface area contributed by atoms with Gasteiger partial charge in [-0.05, 0) is 35.8 Å². The average molecular weight is 297 g/mol. The van der Waals surface area contributed by atoms with Gasteiger partial charge in [0, 0.05) is 4.83 Å². The molecule has 3 unspecified atom stereocenters. The Labute approximate surface area is 115 Å². The molecule has 0 amide bonds. The zero-order chi connectivity index (χ0) is 12.8. The Morgan fingerprint density at radius 1 is 1.00 bits per heavy atom. The predicted octanol–water partition coefficient (Wildman–Crippen LogP) is 6.07. The van der Waals surface area contributed by atoms with Crippen molar-refractivity contribution in [2.45, 2.75) is 57.7 Å². The molecule has 1 aromatic rings. The van der Waals surface area contributed by atoms with Gasteiger partial charge in [-0.3, -0.25) is 0 Å². The molecule has 0 aromatic heterocycles. The number of hydrogen-bond acceptors (Lipinski definition) is 0. The molecule has 17 heavy (non-hydrogen) atoms. The lowest BCUT2D eigenvalue weighted by Crippen LogP contribution is -2.03. The van der Waals surface area contributed by atoms with E-state index in [0.717, 1.165) is 0 Å². The number of hydrogen-bond donors (Lipinski definition) is 0. The Morgan fingerprint density at radius 3 is 2.00 bits per heavy atom. The summed E-state index contributed by atoms with van der Waals surface area (Å²) in [5.41, 5.74) is 2.87. The molecule has 0 radical (unpaired) electrons. The zero-order valence-electron chi connectivity index (χ0n) is 11.5. The van der Waals surface area contributed by atoms with E-state index in [0.29, 0.717) is 16.7 Å². The maximum absolute atomic E-state index is 3.83. The predicted molar refractivity (Wildman–Crippen MR) is 80.9 cm³/mol. The van der Waals surface area contributed by atoms with Crippen molar-refractivity contribution in [2.75, 3.05) is 0 Å². The van der Waals surface area contributed by atoms with E-state index >= 15 is 0 Å². The van der Waals surface area contributed by atoms with Gasteiger partial charge >= 0.3 is 0 Å². The molecule has 0 nitrogen and oxygen atoms in total. The standard InChI is InChI=1S/C16H25Br/c1-5-7-13(4)16(17)15-10-8-14(9-11-15)12(3)6-2/h8-13,16H,5-7H2,1-4H3. The average Bonchev–Trinajstić information content (AvgIpc) is 2.37. The first-order chi connectivity index (χ1) is 8.10. The molecule has 0 aliphatic heterocycles. The van der Waals surface area contributed by atoms with Crippen LogP contribution in [0, 0.1) is 5.92 Å². The first kappa shape index (κ1) is 14.8.